The second-order valence-corrected chi connectivity index (χ2v) is 11.6. The van der Waals surface area contributed by atoms with Crippen LogP contribution in [0.2, 0.25) is 0 Å². The minimum atomic E-state index is -5.88. The molecule has 0 aliphatic carbocycles. The van der Waals surface area contributed by atoms with Crippen molar-refractivity contribution >= 4 is 29.3 Å². The number of nitrogens with two attached hydrogens (primary N) is 1. The molecule has 0 saturated carbocycles. The number of hydrogen-bond acceptors (Lipinski definition) is 11. The van der Waals surface area contributed by atoms with Gasteiger partial charge in [-0.2, -0.15) is 13.6 Å². The summed E-state index contributed by atoms with van der Waals surface area (Å²) in [4.78, 5) is 51.4. The van der Waals surface area contributed by atoms with Crippen molar-refractivity contribution in [2.45, 2.75) is 43.6 Å². The van der Waals surface area contributed by atoms with Crippen LogP contribution < -0.4 is 11.4 Å². The van der Waals surface area contributed by atoms with Gasteiger partial charge < -0.3 is 35.2 Å². The molecule has 7 N–H and O–H groups in total. The first kappa shape index (κ1) is 28.1. The van der Waals surface area contributed by atoms with E-state index in [0.717, 1.165) is 26.1 Å². The Morgan fingerprint density at radius 2 is 1.82 bits per heavy atom. The molecule has 6 atom stereocenters. The van der Waals surface area contributed by atoms with Gasteiger partial charge in [0.15, 0.2) is 6.23 Å². The third-order valence-electron chi connectivity index (χ3n) is 4.23. The number of aromatic nitrogens is 2. The van der Waals surface area contributed by atoms with E-state index >= 15 is 4.39 Å². The molecule has 2 heterocycles. The van der Waals surface area contributed by atoms with Crippen molar-refractivity contribution in [1.29, 1.82) is 0 Å². The summed E-state index contributed by atoms with van der Waals surface area (Å²) < 4.78 is 80.8. The van der Waals surface area contributed by atoms with E-state index in [-0.39, 0.29) is 5.82 Å². The summed E-state index contributed by atoms with van der Waals surface area (Å²) in [6.45, 7) is -0.119. The van der Waals surface area contributed by atoms with Crippen LogP contribution in [0.15, 0.2) is 17.1 Å². The van der Waals surface area contributed by atoms with Crippen LogP contribution in [-0.4, -0.2) is 64.4 Å². The molecule has 0 amide bonds. The number of aliphatic hydroxyl groups excluding tert-OH is 1. The molecule has 0 spiro atoms. The van der Waals surface area contributed by atoms with E-state index in [1.165, 1.54) is 0 Å². The Balaban J connectivity index is 2.34. The third-order valence-corrected chi connectivity index (χ3v) is 8.25. The Labute approximate surface area is 183 Å². The fourth-order valence-corrected chi connectivity index (χ4v) is 6.30. The lowest BCUT2D eigenvalue weighted by Crippen LogP contribution is -2.51. The van der Waals surface area contributed by atoms with Gasteiger partial charge in [0.05, 0.1) is 0 Å². The Morgan fingerprint density at radius 3 is 2.30 bits per heavy atom. The monoisotopic (exact) mass is 545 g/mol. The largest absolute Gasteiger partial charge is 0.490 e. The van der Waals surface area contributed by atoms with Crippen molar-refractivity contribution in [2.75, 3.05) is 12.4 Å². The predicted octanol–water partition coefficient (Wildman–Crippen LogP) is -0.117. The fraction of sp³-hybridized carbons (Fsp3) is 0.667. The number of hydrogen-bond donors (Lipinski definition) is 6. The van der Waals surface area contributed by atoms with Crippen molar-refractivity contribution in [3.63, 3.8) is 0 Å². The maximum absolute atomic E-state index is 15.4. The van der Waals surface area contributed by atoms with Crippen LogP contribution in [0.3, 0.4) is 0 Å². The molecule has 190 valence electrons. The molecule has 1 aromatic rings. The van der Waals surface area contributed by atoms with Gasteiger partial charge >= 0.3 is 29.2 Å². The topological polar surface area (TPSA) is 250 Å². The standard InChI is InChI=1S/C12H20F2N3O13P3/c1-11(2,28-32(23,24)30-33(25,26)29-31(20,21)22)8-7(18)12(14,5-13)9(27-8)17-4-3-6(15)16-10(17)19/h3-4,7-9,18H,5H2,1-2H3,(H,23,24)(H,25,26)(H2,15,16,19)(H2,20,21,22)/t7?,8-,9+,12+/m0/s1. The predicted molar refractivity (Wildman–Crippen MR) is 102 cm³/mol. The highest BCUT2D eigenvalue weighted by atomic mass is 31.3. The summed E-state index contributed by atoms with van der Waals surface area (Å²) in [6.07, 6.45) is -5.73. The smallest absolute Gasteiger partial charge is 0.387 e. The first-order chi connectivity index (χ1) is 14.7. The van der Waals surface area contributed by atoms with Gasteiger partial charge in [0.2, 0.25) is 5.67 Å². The van der Waals surface area contributed by atoms with Crippen LogP contribution >= 0.6 is 23.5 Å². The lowest BCUT2D eigenvalue weighted by molar-refractivity contribution is -0.120. The number of phosphoric acid groups is 3. The van der Waals surface area contributed by atoms with E-state index in [2.05, 4.69) is 18.1 Å². The number of phosphoric ester groups is 1. The summed E-state index contributed by atoms with van der Waals surface area (Å²) in [5.74, 6) is -0.260. The van der Waals surface area contributed by atoms with Crippen LogP contribution in [0.5, 0.6) is 0 Å². The highest BCUT2D eigenvalue weighted by molar-refractivity contribution is 7.66. The molecule has 0 radical (unpaired) electrons. The van der Waals surface area contributed by atoms with Gasteiger partial charge in [0.25, 0.3) is 0 Å². The molecular formula is C12H20F2N3O13P3. The van der Waals surface area contributed by atoms with Gasteiger partial charge in [-0.3, -0.25) is 9.09 Å². The van der Waals surface area contributed by atoms with Crippen LogP contribution in [0.25, 0.3) is 0 Å². The Kier molecular flexibility index (Phi) is 7.79. The van der Waals surface area contributed by atoms with E-state index in [0.29, 0.717) is 4.57 Å². The summed E-state index contributed by atoms with van der Waals surface area (Å²) in [6, 6.07) is 1.04. The fourth-order valence-electron chi connectivity index (χ4n) is 2.96. The summed E-state index contributed by atoms with van der Waals surface area (Å²) >= 11 is 0. The minimum absolute atomic E-state index is 0.260. The molecule has 33 heavy (non-hydrogen) atoms. The van der Waals surface area contributed by atoms with Crippen molar-refractivity contribution in [3.05, 3.63) is 22.7 Å². The maximum Gasteiger partial charge on any atom is 0.490 e. The number of aliphatic hydroxyl groups is 1. The van der Waals surface area contributed by atoms with Crippen LogP contribution in [-0.2, 0) is 31.6 Å². The van der Waals surface area contributed by atoms with Crippen molar-refractivity contribution in [2.24, 2.45) is 0 Å². The van der Waals surface area contributed by atoms with E-state index in [1.54, 1.807) is 0 Å². The number of nitrogen functional groups attached to an aromatic ring is 1. The minimum Gasteiger partial charge on any atom is -0.387 e. The average Bonchev–Trinajstić information content (AvgIpc) is 2.83. The normalized spacial score (nSPS) is 30.0. The van der Waals surface area contributed by atoms with Gasteiger partial charge in [-0.15, -0.1) is 0 Å². The van der Waals surface area contributed by atoms with Gasteiger partial charge in [-0.25, -0.2) is 27.3 Å². The van der Waals surface area contributed by atoms with E-state index in [9.17, 15) is 37.8 Å². The number of alkyl halides is 2. The summed E-state index contributed by atoms with van der Waals surface area (Å²) in [5.41, 5.74) is -1.48. The zero-order valence-electron chi connectivity index (χ0n) is 16.7. The Hall–Kier alpha value is -1.13. The number of nitrogens with zero attached hydrogens (tertiary/aromatic N) is 2. The molecule has 2 rings (SSSR count). The molecule has 0 aromatic carbocycles. The highest BCUT2D eigenvalue weighted by Gasteiger charge is 2.63. The van der Waals surface area contributed by atoms with E-state index in [4.69, 9.17) is 20.3 Å². The van der Waals surface area contributed by atoms with Gasteiger partial charge in [-0.1, -0.05) is 0 Å². The quantitative estimate of drug-likeness (QED) is 0.221. The van der Waals surface area contributed by atoms with Gasteiger partial charge in [0, 0.05) is 6.20 Å². The molecule has 3 unspecified atom stereocenters. The first-order valence-corrected chi connectivity index (χ1v) is 13.0. The number of anilines is 1. The lowest BCUT2D eigenvalue weighted by Gasteiger charge is -2.34. The van der Waals surface area contributed by atoms with Gasteiger partial charge in [0.1, 0.15) is 30.3 Å². The van der Waals surface area contributed by atoms with E-state index < -0.39 is 65.5 Å². The second kappa shape index (κ2) is 9.15. The highest BCUT2D eigenvalue weighted by Crippen LogP contribution is 2.67. The molecule has 0 bridgehead atoms. The number of ether oxygens (including phenoxy) is 1. The molecule has 1 aromatic heterocycles. The zero-order valence-corrected chi connectivity index (χ0v) is 19.3. The maximum atomic E-state index is 15.4. The Morgan fingerprint density at radius 1 is 1.24 bits per heavy atom. The molecular weight excluding hydrogens is 525 g/mol. The van der Waals surface area contributed by atoms with Crippen LogP contribution in [0.1, 0.15) is 20.1 Å². The summed E-state index contributed by atoms with van der Waals surface area (Å²) in [7, 11) is -17.3. The van der Waals surface area contributed by atoms with Crippen LogP contribution in [0.4, 0.5) is 14.6 Å². The average molecular weight is 545 g/mol. The molecule has 1 aliphatic rings. The first-order valence-electron chi connectivity index (χ1n) is 8.51. The second-order valence-electron chi connectivity index (χ2n) is 7.24. The van der Waals surface area contributed by atoms with Crippen molar-refractivity contribution < 1.29 is 65.0 Å². The Bertz CT molecular complexity index is 1100. The van der Waals surface area contributed by atoms with Crippen molar-refractivity contribution in [1.82, 2.24) is 9.55 Å². The molecule has 1 fully saturated rings. The van der Waals surface area contributed by atoms with E-state index in [1.807, 2.05) is 0 Å². The molecule has 16 nitrogen and oxygen atoms in total. The summed E-state index contributed by atoms with van der Waals surface area (Å²) in [5, 5.41) is 10.4. The number of rotatable bonds is 9. The molecule has 21 heteroatoms. The molecule has 1 saturated heterocycles. The molecule has 1 aliphatic heterocycles. The van der Waals surface area contributed by atoms with Crippen LogP contribution in [0, 0.1) is 0 Å². The van der Waals surface area contributed by atoms with Gasteiger partial charge in [-0.05, 0) is 19.9 Å². The SMILES string of the molecule is CC(C)(OP(=O)(O)OP(=O)(O)OP(=O)(O)O)[C@H]1O[C@@H](n2ccc(N)nc2=O)[C@@](F)(CF)C1O. The number of halogens is 2. The third kappa shape index (κ3) is 6.51. The van der Waals surface area contributed by atoms with Crippen molar-refractivity contribution in [3.8, 4) is 0 Å². The lowest BCUT2D eigenvalue weighted by atomic mass is 9.89. The zero-order chi connectivity index (χ0) is 25.6.